The summed E-state index contributed by atoms with van der Waals surface area (Å²) in [5.41, 5.74) is 2.44. The van der Waals surface area contributed by atoms with E-state index in [4.69, 9.17) is 9.72 Å². The Kier molecular flexibility index (Phi) is 6.69. The predicted molar refractivity (Wildman–Crippen MR) is 138 cm³/mol. The molecule has 9 heteroatoms. The number of aromatic nitrogens is 4. The second-order valence-electron chi connectivity index (χ2n) is 11.2. The van der Waals surface area contributed by atoms with Gasteiger partial charge in [0.25, 0.3) is 0 Å². The van der Waals surface area contributed by atoms with Gasteiger partial charge in [0.15, 0.2) is 0 Å². The zero-order valence-electron chi connectivity index (χ0n) is 21.5. The normalized spacial score (nSPS) is 23.0. The molecule has 0 aliphatic carbocycles. The van der Waals surface area contributed by atoms with Crippen molar-refractivity contribution in [1.29, 1.82) is 0 Å². The maximum atomic E-state index is 11.8. The summed E-state index contributed by atoms with van der Waals surface area (Å²) in [5, 5.41) is 2.91. The molecule has 36 heavy (non-hydrogen) atoms. The molecule has 0 saturated carbocycles. The van der Waals surface area contributed by atoms with Crippen molar-refractivity contribution < 1.29 is 9.53 Å². The molecule has 0 spiro atoms. The van der Waals surface area contributed by atoms with Gasteiger partial charge in [0.05, 0.1) is 5.69 Å². The van der Waals surface area contributed by atoms with Crippen LogP contribution in [0.1, 0.15) is 74.9 Å². The SMILES string of the molecule is CC1(c2cn(CCN3CCCC3)c(C3CCN(c4ncnc5c4CCC(=O)N5)CC3)n2)CCOCC1. The number of nitrogens with one attached hydrogen (secondary N) is 1. The number of piperidine rings is 1. The monoisotopic (exact) mass is 493 g/mol. The van der Waals surface area contributed by atoms with Crippen molar-refractivity contribution in [1.82, 2.24) is 24.4 Å². The Balaban J connectivity index is 1.20. The molecule has 9 nitrogen and oxygen atoms in total. The molecule has 0 radical (unpaired) electrons. The van der Waals surface area contributed by atoms with Crippen LogP contribution < -0.4 is 10.2 Å². The maximum absolute atomic E-state index is 11.8. The number of rotatable bonds is 6. The third kappa shape index (κ3) is 4.75. The van der Waals surface area contributed by atoms with E-state index >= 15 is 0 Å². The van der Waals surface area contributed by atoms with E-state index in [1.54, 1.807) is 6.33 Å². The van der Waals surface area contributed by atoms with E-state index in [-0.39, 0.29) is 11.3 Å². The zero-order chi connectivity index (χ0) is 24.5. The van der Waals surface area contributed by atoms with E-state index in [2.05, 4.69) is 42.8 Å². The summed E-state index contributed by atoms with van der Waals surface area (Å²) in [5.74, 6) is 3.44. The molecule has 1 N–H and O–H groups in total. The third-order valence-corrected chi connectivity index (χ3v) is 8.82. The van der Waals surface area contributed by atoms with Gasteiger partial charge in [-0.2, -0.15) is 0 Å². The molecular formula is C27H39N7O2. The maximum Gasteiger partial charge on any atom is 0.225 e. The first-order valence-corrected chi connectivity index (χ1v) is 13.9. The van der Waals surface area contributed by atoms with E-state index in [1.165, 1.54) is 37.4 Å². The van der Waals surface area contributed by atoms with Gasteiger partial charge in [-0.3, -0.25) is 4.79 Å². The lowest BCUT2D eigenvalue weighted by Crippen LogP contribution is -2.36. The number of imidazole rings is 1. The number of hydrogen-bond acceptors (Lipinski definition) is 7. The quantitative estimate of drug-likeness (QED) is 0.662. The Morgan fingerprint density at radius 2 is 1.83 bits per heavy atom. The van der Waals surface area contributed by atoms with Crippen molar-refractivity contribution in [2.45, 2.75) is 76.2 Å². The highest BCUT2D eigenvalue weighted by molar-refractivity contribution is 5.93. The lowest BCUT2D eigenvalue weighted by atomic mass is 9.80. The smallest absolute Gasteiger partial charge is 0.225 e. The first-order chi connectivity index (χ1) is 17.6. The third-order valence-electron chi connectivity index (χ3n) is 8.82. The Morgan fingerprint density at radius 3 is 2.61 bits per heavy atom. The molecule has 6 rings (SSSR count). The van der Waals surface area contributed by atoms with Crippen LogP contribution >= 0.6 is 0 Å². The van der Waals surface area contributed by atoms with Gasteiger partial charge in [-0.05, 0) is 58.0 Å². The molecule has 194 valence electrons. The predicted octanol–water partition coefficient (Wildman–Crippen LogP) is 3.11. The zero-order valence-corrected chi connectivity index (χ0v) is 21.5. The van der Waals surface area contributed by atoms with Gasteiger partial charge in [0.1, 0.15) is 23.8 Å². The second-order valence-corrected chi connectivity index (χ2v) is 11.2. The van der Waals surface area contributed by atoms with Gasteiger partial charge in [-0.25, -0.2) is 15.0 Å². The molecule has 6 heterocycles. The van der Waals surface area contributed by atoms with Crippen LogP contribution in [0.25, 0.3) is 0 Å². The number of anilines is 2. The number of carbonyl (C=O) groups is 1. The summed E-state index contributed by atoms with van der Waals surface area (Å²) < 4.78 is 8.16. The van der Waals surface area contributed by atoms with Gasteiger partial charge >= 0.3 is 0 Å². The second kappa shape index (κ2) is 10.1. The summed E-state index contributed by atoms with van der Waals surface area (Å²) in [6, 6.07) is 0. The van der Waals surface area contributed by atoms with E-state index < -0.39 is 0 Å². The van der Waals surface area contributed by atoms with Crippen LogP contribution in [-0.4, -0.2) is 76.3 Å². The molecule has 4 aliphatic heterocycles. The summed E-state index contributed by atoms with van der Waals surface area (Å²) in [4.78, 5) is 31.1. The lowest BCUT2D eigenvalue weighted by molar-refractivity contribution is -0.116. The molecule has 0 atom stereocenters. The van der Waals surface area contributed by atoms with Crippen molar-refractivity contribution in [3.05, 3.63) is 29.6 Å². The highest BCUT2D eigenvalue weighted by atomic mass is 16.5. The number of hydrogen-bond donors (Lipinski definition) is 1. The largest absolute Gasteiger partial charge is 0.381 e. The van der Waals surface area contributed by atoms with Crippen LogP contribution in [0.3, 0.4) is 0 Å². The summed E-state index contributed by atoms with van der Waals surface area (Å²) >= 11 is 0. The number of nitrogens with zero attached hydrogens (tertiary/aromatic N) is 6. The van der Waals surface area contributed by atoms with Crippen LogP contribution in [0.15, 0.2) is 12.5 Å². The van der Waals surface area contributed by atoms with E-state index in [1.807, 2.05) is 0 Å². The molecule has 0 bridgehead atoms. The minimum atomic E-state index is 0.0423. The van der Waals surface area contributed by atoms with Gasteiger partial charge in [0.2, 0.25) is 5.91 Å². The standard InChI is InChI=1S/C27H39N7O2/c1-27(8-16-36-17-9-27)22-18-34(15-14-32-10-2-3-11-32)25(30-22)20-6-12-33(13-7-20)26-21-4-5-23(35)31-24(21)28-19-29-26/h18-20H,2-17H2,1H3,(H,28,29,31,35). The molecule has 0 aromatic carbocycles. The fraction of sp³-hybridized carbons (Fsp3) is 0.704. The van der Waals surface area contributed by atoms with Crippen LogP contribution in [0, 0.1) is 0 Å². The molecule has 1 amide bonds. The number of amides is 1. The van der Waals surface area contributed by atoms with E-state index in [0.29, 0.717) is 24.6 Å². The lowest BCUT2D eigenvalue weighted by Gasteiger charge is -2.34. The minimum Gasteiger partial charge on any atom is -0.381 e. The Bertz CT molecular complexity index is 1080. The highest BCUT2D eigenvalue weighted by Gasteiger charge is 2.35. The van der Waals surface area contributed by atoms with E-state index in [9.17, 15) is 4.79 Å². The van der Waals surface area contributed by atoms with E-state index in [0.717, 1.165) is 76.5 Å². The number of ether oxygens (including phenoxy) is 1. The summed E-state index contributed by atoms with van der Waals surface area (Å²) in [7, 11) is 0. The molecule has 2 aromatic heterocycles. The van der Waals surface area contributed by atoms with Gasteiger partial charge in [-0.15, -0.1) is 0 Å². The number of fused-ring (bicyclic) bond motifs is 1. The van der Waals surface area contributed by atoms with Crippen LogP contribution in [0.5, 0.6) is 0 Å². The minimum absolute atomic E-state index is 0.0423. The summed E-state index contributed by atoms with van der Waals surface area (Å²) in [6.07, 6.45) is 12.0. The molecule has 0 unspecified atom stereocenters. The fourth-order valence-corrected chi connectivity index (χ4v) is 6.36. The fourth-order valence-electron chi connectivity index (χ4n) is 6.36. The van der Waals surface area contributed by atoms with Crippen LogP contribution in [0.2, 0.25) is 0 Å². The van der Waals surface area contributed by atoms with Gasteiger partial charge in [-0.1, -0.05) is 6.92 Å². The van der Waals surface area contributed by atoms with Crippen molar-refractivity contribution in [2.75, 3.05) is 56.2 Å². The van der Waals surface area contributed by atoms with Crippen molar-refractivity contribution in [2.24, 2.45) is 0 Å². The molecule has 4 aliphatic rings. The van der Waals surface area contributed by atoms with Gasteiger partial charge < -0.3 is 24.4 Å². The molecule has 3 fully saturated rings. The Labute approximate surface area is 213 Å². The van der Waals surface area contributed by atoms with Gasteiger partial charge in [0, 0.05) is 68.9 Å². The van der Waals surface area contributed by atoms with Crippen molar-refractivity contribution in [3.8, 4) is 0 Å². The molecule has 2 aromatic rings. The molecule has 3 saturated heterocycles. The summed E-state index contributed by atoms with van der Waals surface area (Å²) in [6.45, 7) is 10.5. The van der Waals surface area contributed by atoms with Crippen molar-refractivity contribution in [3.63, 3.8) is 0 Å². The number of carbonyl (C=O) groups excluding carboxylic acids is 1. The average molecular weight is 494 g/mol. The topological polar surface area (TPSA) is 88.4 Å². The van der Waals surface area contributed by atoms with Crippen LogP contribution in [-0.2, 0) is 27.9 Å². The Morgan fingerprint density at radius 1 is 1.06 bits per heavy atom. The first-order valence-electron chi connectivity index (χ1n) is 13.9. The van der Waals surface area contributed by atoms with Crippen molar-refractivity contribution >= 4 is 17.5 Å². The molecular weight excluding hydrogens is 454 g/mol. The van der Waals surface area contributed by atoms with Crippen LogP contribution in [0.4, 0.5) is 11.6 Å². The highest BCUT2D eigenvalue weighted by Crippen LogP contribution is 2.37. The average Bonchev–Trinajstić information content (AvgIpc) is 3.58. The first kappa shape index (κ1) is 23.9. The number of likely N-dealkylation sites (tertiary alicyclic amines) is 1. The Hall–Kier alpha value is -2.52.